The van der Waals surface area contributed by atoms with E-state index in [1.807, 2.05) is 54.6 Å². The van der Waals surface area contributed by atoms with E-state index in [9.17, 15) is 19.5 Å². The Morgan fingerprint density at radius 1 is 1.05 bits per heavy atom. The summed E-state index contributed by atoms with van der Waals surface area (Å²) < 4.78 is 0.909. The van der Waals surface area contributed by atoms with Crippen molar-refractivity contribution in [2.45, 2.75) is 42.1 Å². The summed E-state index contributed by atoms with van der Waals surface area (Å²) >= 11 is 1.62. The van der Waals surface area contributed by atoms with Gasteiger partial charge in [0.2, 0.25) is 17.7 Å². The number of benzene rings is 2. The lowest BCUT2D eigenvalue weighted by atomic mass is 9.70. The van der Waals surface area contributed by atoms with E-state index in [0.717, 1.165) is 23.0 Å². The van der Waals surface area contributed by atoms with E-state index in [-0.39, 0.29) is 49.3 Å². The first-order valence-corrected chi connectivity index (χ1v) is 15.5. The second kappa shape index (κ2) is 12.0. The molecule has 3 aliphatic heterocycles. The first-order chi connectivity index (χ1) is 20.9. The van der Waals surface area contributed by atoms with Crippen LogP contribution in [0, 0.1) is 11.8 Å². The van der Waals surface area contributed by atoms with Crippen molar-refractivity contribution >= 4 is 40.5 Å². The van der Waals surface area contributed by atoms with Gasteiger partial charge in [0.05, 0.1) is 28.7 Å². The topological polar surface area (TPSA) is 112 Å². The fourth-order valence-electron chi connectivity index (χ4n) is 7.19. The summed E-state index contributed by atoms with van der Waals surface area (Å²) in [6, 6.07) is 16.5. The molecule has 6 rings (SSSR count). The van der Waals surface area contributed by atoms with Gasteiger partial charge < -0.3 is 19.8 Å². The van der Waals surface area contributed by atoms with Gasteiger partial charge >= 0.3 is 0 Å². The van der Waals surface area contributed by atoms with Crippen molar-refractivity contribution in [1.82, 2.24) is 29.7 Å². The fourth-order valence-corrected chi connectivity index (χ4v) is 9.40. The molecule has 1 N–H and O–H groups in total. The van der Waals surface area contributed by atoms with Crippen LogP contribution in [0.1, 0.15) is 18.4 Å². The highest BCUT2D eigenvalue weighted by Crippen LogP contribution is 2.66. The number of para-hydroxylation sites is 1. The molecule has 10 nitrogen and oxygen atoms in total. The molecule has 3 aromatic rings. The first kappa shape index (κ1) is 29.1. The van der Waals surface area contributed by atoms with Crippen LogP contribution in [0.5, 0.6) is 0 Å². The lowest BCUT2D eigenvalue weighted by Gasteiger charge is -2.37. The number of aromatic nitrogens is 3. The monoisotopic (exact) mass is 600 g/mol. The number of carbonyl (C=O) groups is 3. The van der Waals surface area contributed by atoms with Gasteiger partial charge in [0.1, 0.15) is 18.2 Å². The molecule has 0 saturated carbocycles. The molecule has 5 atom stereocenters. The van der Waals surface area contributed by atoms with Crippen LogP contribution >= 0.6 is 11.8 Å². The molecule has 224 valence electrons. The van der Waals surface area contributed by atoms with Crippen LogP contribution in [-0.2, 0) is 27.6 Å². The molecule has 3 fully saturated rings. The van der Waals surface area contributed by atoms with Crippen molar-refractivity contribution in [3.05, 3.63) is 85.5 Å². The van der Waals surface area contributed by atoms with Crippen LogP contribution in [0.15, 0.2) is 79.9 Å². The van der Waals surface area contributed by atoms with Gasteiger partial charge in [-0.05, 0) is 30.5 Å². The van der Waals surface area contributed by atoms with Crippen LogP contribution in [0.2, 0.25) is 0 Å². The largest absolute Gasteiger partial charge is 0.395 e. The Morgan fingerprint density at radius 3 is 2.51 bits per heavy atom. The Kier molecular flexibility index (Phi) is 8.11. The van der Waals surface area contributed by atoms with Crippen LogP contribution in [0.25, 0.3) is 11.0 Å². The van der Waals surface area contributed by atoms with Crippen molar-refractivity contribution in [3.63, 3.8) is 0 Å². The Labute approximate surface area is 255 Å². The predicted octanol–water partition coefficient (Wildman–Crippen LogP) is 2.70. The second-order valence-electron chi connectivity index (χ2n) is 11.4. The van der Waals surface area contributed by atoms with Crippen molar-refractivity contribution in [3.8, 4) is 0 Å². The number of aliphatic hydroxyl groups is 1. The smallest absolute Gasteiger partial charge is 0.248 e. The predicted molar refractivity (Wildman–Crippen MR) is 164 cm³/mol. The number of hydrogen-bond acceptors (Lipinski definition) is 7. The number of amides is 3. The highest BCUT2D eigenvalue weighted by Gasteiger charge is 2.74. The zero-order valence-corrected chi connectivity index (χ0v) is 24.8. The molecule has 3 amide bonds. The number of aliphatic hydroxyl groups excluding tert-OH is 1. The van der Waals surface area contributed by atoms with E-state index in [1.54, 1.807) is 38.4 Å². The highest BCUT2D eigenvalue weighted by atomic mass is 32.2. The maximum absolute atomic E-state index is 14.5. The summed E-state index contributed by atoms with van der Waals surface area (Å²) in [5.41, 5.74) is 2.50. The number of carbonyl (C=O) groups excluding carboxylic acids is 3. The quantitative estimate of drug-likeness (QED) is 0.318. The van der Waals surface area contributed by atoms with E-state index in [4.69, 9.17) is 0 Å². The minimum absolute atomic E-state index is 0.0220. The Morgan fingerprint density at radius 2 is 1.77 bits per heavy atom. The molecule has 1 aromatic heterocycles. The number of fused-ring (bicyclic) bond motifs is 2. The third kappa shape index (κ3) is 4.94. The Hall–Kier alpha value is -3.96. The third-order valence-electron chi connectivity index (χ3n) is 8.92. The molecule has 43 heavy (non-hydrogen) atoms. The standard InChI is InChI=1S/C32H36N6O4S/c1-3-16-35(20-22-10-6-5-7-11-22)29(40)26-25-14-15-32(43-25)27(26)30(41)37(18-19-39)28(32)31(42)36(17-4-2)21-38-24-13-9-8-12-23(24)33-34-38/h3-13,25-28,39H,1-2,14-21H2/t25-,26+,27-,28?,32?/m0/s1. The Bertz CT molecular complexity index is 1540. The molecule has 0 aliphatic carbocycles. The summed E-state index contributed by atoms with van der Waals surface area (Å²) in [6.45, 7) is 8.61. The van der Waals surface area contributed by atoms with Gasteiger partial charge in [-0.3, -0.25) is 14.4 Å². The van der Waals surface area contributed by atoms with Gasteiger partial charge in [-0.2, -0.15) is 0 Å². The molecule has 2 bridgehead atoms. The third-order valence-corrected chi connectivity index (χ3v) is 10.9. The minimum atomic E-state index is -0.818. The molecule has 2 aromatic carbocycles. The molecule has 3 saturated heterocycles. The first-order valence-electron chi connectivity index (χ1n) is 14.6. The number of nitrogens with zero attached hydrogens (tertiary/aromatic N) is 6. The molecule has 4 heterocycles. The summed E-state index contributed by atoms with van der Waals surface area (Å²) in [5.74, 6) is -1.76. The Balaban J connectivity index is 1.33. The number of likely N-dealkylation sites (tertiary alicyclic amines) is 1. The molecular weight excluding hydrogens is 564 g/mol. The van der Waals surface area contributed by atoms with Crippen LogP contribution in [-0.4, -0.2) is 94.8 Å². The SMILES string of the molecule is C=CCN(Cn1nnc2ccccc21)C(=O)C1N(CCO)C(=O)[C@@H]2[C@H](C(=O)N(CC=C)Cc3ccccc3)[C@@H]3CCC12S3. The maximum atomic E-state index is 14.5. The van der Waals surface area contributed by atoms with Crippen molar-refractivity contribution < 1.29 is 19.5 Å². The van der Waals surface area contributed by atoms with Gasteiger partial charge in [0, 0.05) is 31.4 Å². The van der Waals surface area contributed by atoms with E-state index in [2.05, 4.69) is 23.5 Å². The number of rotatable bonds is 12. The molecular formula is C32H36N6O4S. The molecule has 11 heteroatoms. The minimum Gasteiger partial charge on any atom is -0.395 e. The number of hydrogen-bond donors (Lipinski definition) is 1. The van der Waals surface area contributed by atoms with E-state index in [1.165, 1.54) is 4.90 Å². The van der Waals surface area contributed by atoms with Crippen LogP contribution < -0.4 is 0 Å². The van der Waals surface area contributed by atoms with Gasteiger partial charge in [-0.1, -0.05) is 59.8 Å². The number of β-amino-alcohol motifs (C(OH)–C–C–N with tert-alkyl or cyclic N) is 1. The van der Waals surface area contributed by atoms with Gasteiger partial charge in [-0.25, -0.2) is 4.68 Å². The number of thioether (sulfide) groups is 1. The summed E-state index contributed by atoms with van der Waals surface area (Å²) in [4.78, 5) is 47.9. The summed E-state index contributed by atoms with van der Waals surface area (Å²) in [6.07, 6.45) is 4.75. The molecule has 3 aliphatic rings. The van der Waals surface area contributed by atoms with Gasteiger partial charge in [0.15, 0.2) is 0 Å². The van der Waals surface area contributed by atoms with Crippen molar-refractivity contribution in [2.24, 2.45) is 11.8 Å². The molecule has 0 radical (unpaired) electrons. The van der Waals surface area contributed by atoms with Crippen molar-refractivity contribution in [1.29, 1.82) is 0 Å². The summed E-state index contributed by atoms with van der Waals surface area (Å²) in [7, 11) is 0. The van der Waals surface area contributed by atoms with Crippen LogP contribution in [0.3, 0.4) is 0 Å². The van der Waals surface area contributed by atoms with Gasteiger partial charge in [-0.15, -0.1) is 30.0 Å². The van der Waals surface area contributed by atoms with E-state index in [0.29, 0.717) is 19.5 Å². The lowest BCUT2D eigenvalue weighted by Crippen LogP contribution is -2.55. The van der Waals surface area contributed by atoms with Crippen molar-refractivity contribution in [2.75, 3.05) is 26.2 Å². The zero-order valence-electron chi connectivity index (χ0n) is 24.0. The average molecular weight is 601 g/mol. The van der Waals surface area contributed by atoms with E-state index >= 15 is 0 Å². The summed E-state index contributed by atoms with van der Waals surface area (Å²) in [5, 5.41) is 18.4. The van der Waals surface area contributed by atoms with Crippen LogP contribution in [0.4, 0.5) is 0 Å². The molecule has 2 unspecified atom stereocenters. The van der Waals surface area contributed by atoms with Gasteiger partial charge in [0.25, 0.3) is 0 Å². The maximum Gasteiger partial charge on any atom is 0.248 e. The zero-order chi connectivity index (χ0) is 30.1. The normalized spacial score (nSPS) is 25.6. The average Bonchev–Trinajstić information content (AvgIpc) is 3.77. The molecule has 1 spiro atoms. The lowest BCUT2D eigenvalue weighted by molar-refractivity contribution is -0.145. The highest BCUT2D eigenvalue weighted by molar-refractivity contribution is 8.02. The van der Waals surface area contributed by atoms with E-state index < -0.39 is 22.6 Å². The second-order valence-corrected chi connectivity index (χ2v) is 13.0. The fraction of sp³-hybridized carbons (Fsp3) is 0.406.